The van der Waals surface area contributed by atoms with Gasteiger partial charge in [0.2, 0.25) is 0 Å². The molecule has 0 saturated carbocycles. The largest absolute Gasteiger partial charge is 0.391 e. The van der Waals surface area contributed by atoms with Crippen molar-refractivity contribution in [3.63, 3.8) is 0 Å². The molecule has 0 heterocycles. The van der Waals surface area contributed by atoms with Crippen molar-refractivity contribution in [1.82, 2.24) is 5.32 Å². The van der Waals surface area contributed by atoms with Crippen LogP contribution in [0.3, 0.4) is 0 Å². The maximum Gasteiger partial charge on any atom is 0.252 e. The minimum atomic E-state index is -0.804. The van der Waals surface area contributed by atoms with Crippen molar-refractivity contribution in [3.8, 4) is 0 Å². The molecule has 0 radical (unpaired) electrons. The van der Waals surface area contributed by atoms with Gasteiger partial charge < -0.3 is 11.1 Å². The summed E-state index contributed by atoms with van der Waals surface area (Å²) >= 11 is 4.92. The molecule has 2 rings (SSSR count). The topological polar surface area (TPSA) is 55.1 Å². The van der Waals surface area contributed by atoms with Gasteiger partial charge in [0.15, 0.2) is 0 Å². The predicted molar refractivity (Wildman–Crippen MR) is 82.2 cm³/mol. The van der Waals surface area contributed by atoms with Gasteiger partial charge in [-0.2, -0.15) is 0 Å². The third-order valence-electron chi connectivity index (χ3n) is 3.16. The fourth-order valence-electron chi connectivity index (χ4n) is 1.87. The smallest absolute Gasteiger partial charge is 0.252 e. The monoisotopic (exact) mass is 290 g/mol. The highest BCUT2D eigenvalue weighted by atomic mass is 32.1. The van der Waals surface area contributed by atoms with Crippen molar-refractivity contribution in [2.45, 2.75) is 19.4 Å². The van der Waals surface area contributed by atoms with E-state index in [2.05, 4.69) is 5.32 Å². The SMILES string of the molecule is CC(C)(NC(=O)c1ccc(F)c2ccccc12)C(N)=S. The van der Waals surface area contributed by atoms with Gasteiger partial charge in [-0.3, -0.25) is 4.79 Å². The molecule has 0 aliphatic heterocycles. The number of hydrogen-bond acceptors (Lipinski definition) is 2. The molecule has 0 atom stereocenters. The summed E-state index contributed by atoms with van der Waals surface area (Å²) in [5, 5.41) is 3.73. The molecule has 0 fully saturated rings. The summed E-state index contributed by atoms with van der Waals surface area (Å²) in [7, 11) is 0. The number of fused-ring (bicyclic) bond motifs is 1. The molecule has 0 spiro atoms. The van der Waals surface area contributed by atoms with Crippen molar-refractivity contribution in [3.05, 3.63) is 47.8 Å². The van der Waals surface area contributed by atoms with Gasteiger partial charge in [0.1, 0.15) is 5.82 Å². The normalized spacial score (nSPS) is 11.3. The molecule has 3 N–H and O–H groups in total. The van der Waals surface area contributed by atoms with Crippen LogP contribution >= 0.6 is 12.2 Å². The number of halogens is 1. The third-order valence-corrected chi connectivity index (χ3v) is 3.67. The van der Waals surface area contributed by atoms with Crippen molar-refractivity contribution in [2.24, 2.45) is 5.73 Å². The summed E-state index contributed by atoms with van der Waals surface area (Å²) in [4.78, 5) is 12.5. The van der Waals surface area contributed by atoms with E-state index in [-0.39, 0.29) is 16.7 Å². The van der Waals surface area contributed by atoms with E-state index < -0.39 is 5.54 Å². The predicted octanol–water partition coefficient (Wildman–Crippen LogP) is 2.77. The number of rotatable bonds is 3. The average molecular weight is 290 g/mol. The Bertz CT molecular complexity index is 697. The Kier molecular flexibility index (Phi) is 3.72. The number of nitrogens with two attached hydrogens (primary N) is 1. The van der Waals surface area contributed by atoms with E-state index >= 15 is 0 Å². The van der Waals surface area contributed by atoms with E-state index in [9.17, 15) is 9.18 Å². The van der Waals surface area contributed by atoms with Crippen LogP contribution in [0, 0.1) is 5.82 Å². The Balaban J connectivity index is 2.46. The standard InChI is InChI=1S/C15H15FN2OS/c1-15(2,14(17)20)18-13(19)11-7-8-12(16)10-6-4-3-5-9(10)11/h3-8H,1-2H3,(H2,17,20)(H,18,19). The first-order valence-corrected chi connectivity index (χ1v) is 6.53. The Labute approximate surface area is 122 Å². The molecule has 20 heavy (non-hydrogen) atoms. The highest BCUT2D eigenvalue weighted by molar-refractivity contribution is 7.80. The summed E-state index contributed by atoms with van der Waals surface area (Å²) in [6.07, 6.45) is 0. The van der Waals surface area contributed by atoms with Gasteiger partial charge in [-0.05, 0) is 31.4 Å². The van der Waals surface area contributed by atoms with Crippen LogP contribution in [0.15, 0.2) is 36.4 Å². The second-order valence-corrected chi connectivity index (χ2v) is 5.52. The molecule has 0 aromatic heterocycles. The zero-order chi connectivity index (χ0) is 14.9. The van der Waals surface area contributed by atoms with Crippen LogP contribution in [0.4, 0.5) is 4.39 Å². The molecule has 1 amide bonds. The van der Waals surface area contributed by atoms with Crippen molar-refractivity contribution >= 4 is 33.9 Å². The second-order valence-electron chi connectivity index (χ2n) is 5.08. The van der Waals surface area contributed by atoms with Crippen LogP contribution in [-0.4, -0.2) is 16.4 Å². The van der Waals surface area contributed by atoms with Gasteiger partial charge in [-0.25, -0.2) is 4.39 Å². The van der Waals surface area contributed by atoms with Crippen molar-refractivity contribution in [2.75, 3.05) is 0 Å². The van der Waals surface area contributed by atoms with E-state index in [1.165, 1.54) is 12.1 Å². The van der Waals surface area contributed by atoms with Gasteiger partial charge in [0.25, 0.3) is 5.91 Å². The quantitative estimate of drug-likeness (QED) is 0.855. The van der Waals surface area contributed by atoms with Gasteiger partial charge in [0, 0.05) is 10.9 Å². The molecule has 3 nitrogen and oxygen atoms in total. The van der Waals surface area contributed by atoms with E-state index in [4.69, 9.17) is 18.0 Å². The van der Waals surface area contributed by atoms with Gasteiger partial charge >= 0.3 is 0 Å². The maximum absolute atomic E-state index is 13.7. The molecule has 0 aliphatic carbocycles. The van der Waals surface area contributed by atoms with Crippen molar-refractivity contribution in [1.29, 1.82) is 0 Å². The van der Waals surface area contributed by atoms with E-state index in [1.807, 2.05) is 0 Å². The minimum absolute atomic E-state index is 0.192. The summed E-state index contributed by atoms with van der Waals surface area (Å²) < 4.78 is 13.7. The van der Waals surface area contributed by atoms with E-state index in [1.54, 1.807) is 38.1 Å². The molecule has 5 heteroatoms. The summed E-state index contributed by atoms with van der Waals surface area (Å²) in [6, 6.07) is 9.58. The maximum atomic E-state index is 13.7. The van der Waals surface area contributed by atoms with Gasteiger partial charge in [-0.1, -0.05) is 36.5 Å². The highest BCUT2D eigenvalue weighted by Crippen LogP contribution is 2.22. The molecule has 0 unspecified atom stereocenters. The number of carbonyl (C=O) groups excluding carboxylic acids is 1. The van der Waals surface area contributed by atoms with Crippen LogP contribution in [0.1, 0.15) is 24.2 Å². The molecular weight excluding hydrogens is 275 g/mol. The first-order chi connectivity index (χ1) is 9.33. The first-order valence-electron chi connectivity index (χ1n) is 6.12. The fourth-order valence-corrected chi connectivity index (χ4v) is 1.92. The first kappa shape index (κ1) is 14.4. The minimum Gasteiger partial charge on any atom is -0.391 e. The lowest BCUT2D eigenvalue weighted by atomic mass is 10.0. The van der Waals surface area contributed by atoms with E-state index in [0.29, 0.717) is 16.3 Å². The zero-order valence-electron chi connectivity index (χ0n) is 11.2. The molecule has 2 aromatic carbocycles. The Morgan fingerprint density at radius 2 is 1.80 bits per heavy atom. The Morgan fingerprint density at radius 3 is 2.40 bits per heavy atom. The lowest BCUT2D eigenvalue weighted by Crippen LogP contribution is -2.52. The number of nitrogens with one attached hydrogen (secondary N) is 1. The molecular formula is C15H15FN2OS. The molecule has 2 aromatic rings. The van der Waals surface area contributed by atoms with Gasteiger partial charge in [0.05, 0.1) is 10.5 Å². The highest BCUT2D eigenvalue weighted by Gasteiger charge is 2.25. The number of amides is 1. The zero-order valence-corrected chi connectivity index (χ0v) is 12.1. The number of carbonyl (C=O) groups is 1. The van der Waals surface area contributed by atoms with Crippen LogP contribution in [0.25, 0.3) is 10.8 Å². The summed E-state index contributed by atoms with van der Waals surface area (Å²) in [5.41, 5.74) is 5.18. The summed E-state index contributed by atoms with van der Waals surface area (Å²) in [6.45, 7) is 3.44. The molecule has 0 aliphatic rings. The fraction of sp³-hybridized carbons (Fsp3) is 0.200. The lowest BCUT2D eigenvalue weighted by molar-refractivity contribution is 0.0934. The number of thiocarbonyl (C=S) groups is 1. The van der Waals surface area contributed by atoms with Gasteiger partial charge in [-0.15, -0.1) is 0 Å². The second kappa shape index (κ2) is 5.17. The van der Waals surface area contributed by atoms with Crippen LogP contribution < -0.4 is 11.1 Å². The van der Waals surface area contributed by atoms with Crippen LogP contribution in [-0.2, 0) is 0 Å². The van der Waals surface area contributed by atoms with E-state index in [0.717, 1.165) is 0 Å². The third kappa shape index (κ3) is 2.63. The molecule has 104 valence electrons. The summed E-state index contributed by atoms with van der Waals surface area (Å²) in [5.74, 6) is -0.690. The van der Waals surface area contributed by atoms with Crippen molar-refractivity contribution < 1.29 is 9.18 Å². The van der Waals surface area contributed by atoms with Crippen LogP contribution in [0.5, 0.6) is 0 Å². The Hall–Kier alpha value is -2.01. The molecule has 0 bridgehead atoms. The average Bonchev–Trinajstić information content (AvgIpc) is 2.38. The molecule has 0 saturated heterocycles. The number of benzene rings is 2. The lowest BCUT2D eigenvalue weighted by Gasteiger charge is -2.25. The van der Waals surface area contributed by atoms with Crippen LogP contribution in [0.2, 0.25) is 0 Å². The Morgan fingerprint density at radius 1 is 1.20 bits per heavy atom. The number of hydrogen-bond donors (Lipinski definition) is 2.